The Morgan fingerprint density at radius 3 is 2.19 bits per heavy atom. The Morgan fingerprint density at radius 1 is 1.06 bits per heavy atom. The Bertz CT molecular complexity index is 490. The van der Waals surface area contributed by atoms with Crippen LogP contribution >= 0.6 is 43.2 Å². The molecule has 0 aliphatic carbocycles. The van der Waals surface area contributed by atoms with Gasteiger partial charge in [-0.3, -0.25) is 0 Å². The zero-order valence-electron chi connectivity index (χ0n) is 7.88. The summed E-state index contributed by atoms with van der Waals surface area (Å²) in [6.45, 7) is 0. The van der Waals surface area contributed by atoms with Crippen molar-refractivity contribution >= 4 is 43.2 Å². The topological polar surface area (TPSA) is 0 Å². The molecule has 0 amide bonds. The number of halogens is 4. The van der Waals surface area contributed by atoms with Gasteiger partial charge in [0.25, 0.3) is 0 Å². The molecule has 1 heterocycles. The van der Waals surface area contributed by atoms with Crippen LogP contribution in [0.4, 0.5) is 8.78 Å². The molecular formula is C11H6Br2F2S. The second-order valence-corrected chi connectivity index (χ2v) is 6.62. The van der Waals surface area contributed by atoms with Crippen LogP contribution in [0.25, 0.3) is 0 Å². The lowest BCUT2D eigenvalue weighted by Gasteiger charge is -2.08. The molecule has 1 aromatic carbocycles. The maximum atomic E-state index is 13.0. The lowest BCUT2D eigenvalue weighted by molar-refractivity contribution is 0.580. The van der Waals surface area contributed by atoms with Crippen molar-refractivity contribution in [2.75, 3.05) is 0 Å². The minimum Gasteiger partial charge on any atom is -0.207 e. The standard InChI is InChI=1S/C11H6Br2F2S/c12-10-2-1-9(16-10)11(13)6-3-7(14)5-8(15)4-6/h1-5,11H. The van der Waals surface area contributed by atoms with Gasteiger partial charge in [0, 0.05) is 10.9 Å². The average molecular weight is 368 g/mol. The molecule has 0 fully saturated rings. The molecule has 0 bridgehead atoms. The fourth-order valence-corrected chi connectivity index (χ4v) is 3.48. The van der Waals surface area contributed by atoms with Crippen molar-refractivity contribution in [3.05, 3.63) is 56.2 Å². The summed E-state index contributed by atoms with van der Waals surface area (Å²) in [5, 5.41) is 0. The maximum Gasteiger partial charge on any atom is 0.126 e. The SMILES string of the molecule is Fc1cc(F)cc(C(Br)c2ccc(Br)s2)c1. The third-order valence-corrected chi connectivity index (χ3v) is 5.03. The summed E-state index contributed by atoms with van der Waals surface area (Å²) in [6.07, 6.45) is 0. The molecule has 0 aliphatic rings. The van der Waals surface area contributed by atoms with Gasteiger partial charge in [-0.25, -0.2) is 8.78 Å². The van der Waals surface area contributed by atoms with Crippen molar-refractivity contribution in [1.29, 1.82) is 0 Å². The zero-order chi connectivity index (χ0) is 11.7. The van der Waals surface area contributed by atoms with E-state index in [0.717, 1.165) is 14.7 Å². The summed E-state index contributed by atoms with van der Waals surface area (Å²) in [4.78, 5) is 0.811. The highest BCUT2D eigenvalue weighted by molar-refractivity contribution is 9.11. The van der Waals surface area contributed by atoms with Gasteiger partial charge in [-0.2, -0.15) is 0 Å². The lowest BCUT2D eigenvalue weighted by Crippen LogP contribution is -1.92. The van der Waals surface area contributed by atoms with Crippen LogP contribution in [0.15, 0.2) is 34.1 Å². The van der Waals surface area contributed by atoms with Crippen LogP contribution in [-0.2, 0) is 0 Å². The largest absolute Gasteiger partial charge is 0.207 e. The fraction of sp³-hybridized carbons (Fsp3) is 0.0909. The van der Waals surface area contributed by atoms with Crippen LogP contribution in [0, 0.1) is 11.6 Å². The van der Waals surface area contributed by atoms with Crippen molar-refractivity contribution in [3.63, 3.8) is 0 Å². The van der Waals surface area contributed by atoms with Crippen LogP contribution in [0.5, 0.6) is 0 Å². The van der Waals surface area contributed by atoms with Crippen LogP contribution in [0.2, 0.25) is 0 Å². The monoisotopic (exact) mass is 366 g/mol. The molecule has 0 spiro atoms. The summed E-state index contributed by atoms with van der Waals surface area (Å²) in [6, 6.07) is 7.35. The molecule has 1 atom stereocenters. The molecule has 0 saturated heterocycles. The Balaban J connectivity index is 2.37. The number of thiophene rings is 1. The molecule has 1 aromatic heterocycles. The van der Waals surface area contributed by atoms with Gasteiger partial charge in [-0.1, -0.05) is 15.9 Å². The molecule has 84 valence electrons. The molecule has 2 rings (SSSR count). The van der Waals surface area contributed by atoms with Gasteiger partial charge in [0.1, 0.15) is 11.6 Å². The summed E-state index contributed by atoms with van der Waals surface area (Å²) in [7, 11) is 0. The van der Waals surface area contributed by atoms with E-state index in [4.69, 9.17) is 0 Å². The van der Waals surface area contributed by atoms with Crippen LogP contribution in [0.3, 0.4) is 0 Å². The first kappa shape index (κ1) is 12.2. The van der Waals surface area contributed by atoms with Crippen LogP contribution in [-0.4, -0.2) is 0 Å². The molecule has 0 nitrogen and oxygen atoms in total. The van der Waals surface area contributed by atoms with E-state index in [1.807, 2.05) is 12.1 Å². The second-order valence-electron chi connectivity index (χ2n) is 3.21. The number of benzene rings is 1. The smallest absolute Gasteiger partial charge is 0.126 e. The fourth-order valence-electron chi connectivity index (χ4n) is 1.35. The van der Waals surface area contributed by atoms with Crippen molar-refractivity contribution < 1.29 is 8.78 Å². The maximum absolute atomic E-state index is 13.0. The normalized spacial score (nSPS) is 12.8. The number of hydrogen-bond donors (Lipinski definition) is 0. The Hall–Kier alpha value is -0.260. The van der Waals surface area contributed by atoms with E-state index in [0.29, 0.717) is 5.56 Å². The number of alkyl halides is 1. The van der Waals surface area contributed by atoms with Gasteiger partial charge < -0.3 is 0 Å². The van der Waals surface area contributed by atoms with E-state index in [2.05, 4.69) is 31.9 Å². The molecule has 0 aliphatic heterocycles. The molecule has 2 aromatic rings. The van der Waals surface area contributed by atoms with Gasteiger partial charge >= 0.3 is 0 Å². The summed E-state index contributed by atoms with van der Waals surface area (Å²) in [5.74, 6) is -1.12. The van der Waals surface area contributed by atoms with E-state index < -0.39 is 11.6 Å². The zero-order valence-corrected chi connectivity index (χ0v) is 11.9. The molecular weight excluding hydrogens is 362 g/mol. The van der Waals surface area contributed by atoms with Gasteiger partial charge in [0.2, 0.25) is 0 Å². The number of rotatable bonds is 2. The minimum atomic E-state index is -0.560. The highest BCUT2D eigenvalue weighted by Gasteiger charge is 2.14. The van der Waals surface area contributed by atoms with Crippen molar-refractivity contribution in [1.82, 2.24) is 0 Å². The Kier molecular flexibility index (Phi) is 3.77. The first-order valence-corrected chi connectivity index (χ1v) is 6.94. The summed E-state index contributed by atoms with van der Waals surface area (Å²) >= 11 is 8.31. The van der Waals surface area contributed by atoms with Gasteiger partial charge in [0.05, 0.1) is 8.61 Å². The van der Waals surface area contributed by atoms with Gasteiger partial charge in [0.15, 0.2) is 0 Å². The van der Waals surface area contributed by atoms with Crippen molar-refractivity contribution in [2.24, 2.45) is 0 Å². The van der Waals surface area contributed by atoms with Crippen molar-refractivity contribution in [3.8, 4) is 0 Å². The highest BCUT2D eigenvalue weighted by atomic mass is 79.9. The van der Waals surface area contributed by atoms with Crippen LogP contribution < -0.4 is 0 Å². The van der Waals surface area contributed by atoms with Crippen molar-refractivity contribution in [2.45, 2.75) is 4.83 Å². The highest BCUT2D eigenvalue weighted by Crippen LogP contribution is 2.37. The van der Waals surface area contributed by atoms with Gasteiger partial charge in [-0.05, 0) is 45.8 Å². The predicted octanol–water partition coefficient (Wildman–Crippen LogP) is 5.27. The molecule has 0 radical (unpaired) electrons. The van der Waals surface area contributed by atoms with Gasteiger partial charge in [-0.15, -0.1) is 11.3 Å². The summed E-state index contributed by atoms with van der Waals surface area (Å²) in [5.41, 5.74) is 0.576. The molecule has 16 heavy (non-hydrogen) atoms. The first-order chi connectivity index (χ1) is 7.56. The molecule has 0 N–H and O–H groups in total. The third kappa shape index (κ3) is 2.70. The molecule has 0 saturated carbocycles. The van der Waals surface area contributed by atoms with E-state index >= 15 is 0 Å². The summed E-state index contributed by atoms with van der Waals surface area (Å²) < 4.78 is 27.1. The predicted molar refractivity (Wildman–Crippen MR) is 69.1 cm³/mol. The quantitative estimate of drug-likeness (QED) is 0.634. The second kappa shape index (κ2) is 4.94. The molecule has 1 unspecified atom stereocenters. The number of hydrogen-bond acceptors (Lipinski definition) is 1. The average Bonchev–Trinajstić information content (AvgIpc) is 2.62. The van der Waals surface area contributed by atoms with Crippen LogP contribution in [0.1, 0.15) is 15.3 Å². The first-order valence-electron chi connectivity index (χ1n) is 4.41. The van der Waals surface area contributed by atoms with E-state index in [1.54, 1.807) is 0 Å². The van der Waals surface area contributed by atoms with E-state index in [1.165, 1.54) is 23.5 Å². The van der Waals surface area contributed by atoms with E-state index in [9.17, 15) is 8.78 Å². The Morgan fingerprint density at radius 2 is 1.69 bits per heavy atom. The lowest BCUT2D eigenvalue weighted by atomic mass is 10.1. The Labute approximate surface area is 113 Å². The minimum absolute atomic E-state index is 0.186. The molecule has 5 heteroatoms. The van der Waals surface area contributed by atoms with E-state index in [-0.39, 0.29) is 4.83 Å². The third-order valence-electron chi connectivity index (χ3n) is 2.02.